The molecule has 9 saturated carbocycles. The van der Waals surface area contributed by atoms with Crippen LogP contribution in [-0.4, -0.2) is 11.6 Å². The lowest BCUT2D eigenvalue weighted by molar-refractivity contribution is -0.317. The molecule has 0 aromatic rings. The monoisotopic (exact) mass is 188 g/mol. The van der Waals surface area contributed by atoms with Crippen molar-refractivity contribution in [3.63, 3.8) is 0 Å². The second-order valence-electron chi connectivity index (χ2n) is 6.03. The van der Waals surface area contributed by atoms with Crippen molar-refractivity contribution < 1.29 is 9.59 Å². The van der Waals surface area contributed by atoms with Crippen LogP contribution in [-0.2, 0) is 9.59 Å². The van der Waals surface area contributed by atoms with Crippen LogP contribution in [0.4, 0.5) is 0 Å². The summed E-state index contributed by atoms with van der Waals surface area (Å²) in [5.41, 5.74) is 0. The number of Topliss-reactive ketones (excluding diaryl/α,β-unsaturated/α-hetero) is 2. The van der Waals surface area contributed by atoms with Crippen molar-refractivity contribution in [2.75, 3.05) is 0 Å². The van der Waals surface area contributed by atoms with E-state index in [4.69, 9.17) is 0 Å². The van der Waals surface area contributed by atoms with Crippen LogP contribution in [0.1, 0.15) is 12.8 Å². The predicted octanol–water partition coefficient (Wildman–Crippen LogP) is 0.902. The molecule has 0 aromatic carbocycles. The largest absolute Gasteiger partial charge is 0.299 e. The minimum atomic E-state index is 0.421. The van der Waals surface area contributed by atoms with Gasteiger partial charge in [-0.15, -0.1) is 0 Å². The third kappa shape index (κ3) is 0.396. The van der Waals surface area contributed by atoms with Crippen molar-refractivity contribution >= 4 is 11.6 Å². The summed E-state index contributed by atoms with van der Waals surface area (Å²) in [6.07, 6.45) is 1.65. The molecule has 0 amide bonds. The number of hydrogen-bond donors (Lipinski definition) is 0. The highest BCUT2D eigenvalue weighted by Gasteiger charge is 2.82. The second-order valence-corrected chi connectivity index (χ2v) is 6.03. The highest BCUT2D eigenvalue weighted by molar-refractivity contribution is 5.93. The molecule has 0 spiro atoms. The first-order valence-corrected chi connectivity index (χ1v) is 5.84. The maximum Gasteiger partial charge on any atom is 0.136 e. The fourth-order valence-electron chi connectivity index (χ4n) is 6.02. The molecule has 0 radical (unpaired) electrons. The average Bonchev–Trinajstić information content (AvgIpc) is 2.08. The zero-order chi connectivity index (χ0) is 9.19. The molecule has 8 bridgehead atoms. The molecule has 0 N–H and O–H groups in total. The van der Waals surface area contributed by atoms with E-state index in [9.17, 15) is 9.59 Å². The molecule has 0 heterocycles. The van der Waals surface area contributed by atoms with Crippen LogP contribution in [0, 0.1) is 47.3 Å². The molecule has 9 rings (SSSR count). The van der Waals surface area contributed by atoms with Crippen LogP contribution < -0.4 is 0 Å². The maximum atomic E-state index is 11.7. The molecule has 0 saturated heterocycles. The molecule has 2 heteroatoms. The Morgan fingerprint density at radius 3 is 1.50 bits per heavy atom. The Morgan fingerprint density at radius 1 is 0.714 bits per heavy atom. The van der Waals surface area contributed by atoms with Gasteiger partial charge in [-0.05, 0) is 35.5 Å². The number of carbonyl (C=O) groups excluding carboxylic acids is 2. The molecular formula is C12H12O2. The van der Waals surface area contributed by atoms with E-state index in [1.165, 1.54) is 0 Å². The number of rotatable bonds is 0. The van der Waals surface area contributed by atoms with Crippen molar-refractivity contribution in [1.29, 1.82) is 0 Å². The lowest BCUT2D eigenvalue weighted by Crippen LogP contribution is -2.82. The highest BCUT2D eigenvalue weighted by atomic mass is 16.1. The number of carbonyl (C=O) groups is 2. The normalized spacial score (nSPS) is 70.6. The first kappa shape index (κ1) is 6.76. The van der Waals surface area contributed by atoms with Crippen molar-refractivity contribution in [3.8, 4) is 0 Å². The van der Waals surface area contributed by atoms with E-state index in [0.29, 0.717) is 58.9 Å². The predicted molar refractivity (Wildman–Crippen MR) is 47.2 cm³/mol. The van der Waals surface area contributed by atoms with Gasteiger partial charge in [-0.3, -0.25) is 9.59 Å². The lowest BCUT2D eigenvalue weighted by atomic mass is 9.21. The van der Waals surface area contributed by atoms with Crippen LogP contribution in [0.5, 0.6) is 0 Å². The van der Waals surface area contributed by atoms with Gasteiger partial charge in [0.05, 0.1) is 0 Å². The minimum absolute atomic E-state index is 0.421. The Labute approximate surface area is 82.0 Å². The summed E-state index contributed by atoms with van der Waals surface area (Å²) in [4.78, 5) is 23.5. The van der Waals surface area contributed by atoms with E-state index >= 15 is 0 Å². The molecule has 9 fully saturated rings. The molecule has 9 aliphatic rings. The highest BCUT2D eigenvalue weighted by Crippen LogP contribution is 2.81. The van der Waals surface area contributed by atoms with Crippen LogP contribution in [0.2, 0.25) is 0 Å². The van der Waals surface area contributed by atoms with Gasteiger partial charge in [0.25, 0.3) is 0 Å². The van der Waals surface area contributed by atoms with Crippen LogP contribution in [0.15, 0.2) is 0 Å². The van der Waals surface area contributed by atoms with Crippen LogP contribution in [0.3, 0.4) is 0 Å². The Hall–Kier alpha value is -0.660. The Kier molecular flexibility index (Phi) is 0.780. The molecular weight excluding hydrogens is 176 g/mol. The van der Waals surface area contributed by atoms with E-state index in [-0.39, 0.29) is 0 Å². The van der Waals surface area contributed by atoms with Crippen molar-refractivity contribution in [2.24, 2.45) is 47.3 Å². The van der Waals surface area contributed by atoms with Gasteiger partial charge in [0.15, 0.2) is 0 Å². The zero-order valence-corrected chi connectivity index (χ0v) is 7.85. The van der Waals surface area contributed by atoms with Gasteiger partial charge in [0.2, 0.25) is 0 Å². The van der Waals surface area contributed by atoms with Gasteiger partial charge in [0, 0.05) is 24.7 Å². The Bertz CT molecular complexity index is 357. The summed E-state index contributed by atoms with van der Waals surface area (Å²) in [6, 6.07) is 0. The maximum absolute atomic E-state index is 11.7. The summed E-state index contributed by atoms with van der Waals surface area (Å²) in [6.45, 7) is 0. The molecule has 9 aliphatic carbocycles. The standard InChI is InChI=1S/C12H12O2/c13-5-1-3-4-2-6(14)10-7(3)11-9(5)8(4)12(10)11/h3-4,7-12H,1-2H2/t3-,4+,7-,8+,9+,10-,11+,12-. The van der Waals surface area contributed by atoms with Gasteiger partial charge in [-0.2, -0.15) is 0 Å². The van der Waals surface area contributed by atoms with E-state index in [2.05, 4.69) is 0 Å². The zero-order valence-electron chi connectivity index (χ0n) is 7.85. The van der Waals surface area contributed by atoms with Gasteiger partial charge < -0.3 is 0 Å². The molecule has 14 heavy (non-hydrogen) atoms. The van der Waals surface area contributed by atoms with E-state index in [0.717, 1.165) is 12.8 Å². The first-order valence-electron chi connectivity index (χ1n) is 5.84. The summed E-state index contributed by atoms with van der Waals surface area (Å²) in [5, 5.41) is 0. The van der Waals surface area contributed by atoms with E-state index in [1.807, 2.05) is 0 Å². The fourth-order valence-corrected chi connectivity index (χ4v) is 6.02. The molecule has 2 nitrogen and oxygen atoms in total. The smallest absolute Gasteiger partial charge is 0.136 e. The second kappa shape index (κ2) is 1.62. The lowest BCUT2D eigenvalue weighted by Gasteiger charge is -2.81. The first-order chi connectivity index (χ1) is 6.79. The summed E-state index contributed by atoms with van der Waals surface area (Å²) >= 11 is 0. The van der Waals surface area contributed by atoms with Gasteiger partial charge >= 0.3 is 0 Å². The van der Waals surface area contributed by atoms with E-state index < -0.39 is 0 Å². The van der Waals surface area contributed by atoms with Crippen LogP contribution >= 0.6 is 0 Å². The van der Waals surface area contributed by atoms with Crippen molar-refractivity contribution in [1.82, 2.24) is 0 Å². The Balaban J connectivity index is 1.74. The van der Waals surface area contributed by atoms with Gasteiger partial charge in [-0.1, -0.05) is 0 Å². The molecule has 0 aromatic heterocycles. The molecule has 8 atom stereocenters. The van der Waals surface area contributed by atoms with Crippen LogP contribution in [0.25, 0.3) is 0 Å². The van der Waals surface area contributed by atoms with Gasteiger partial charge in [0.1, 0.15) is 11.6 Å². The molecule has 0 aliphatic heterocycles. The quantitative estimate of drug-likeness (QED) is 0.566. The fraction of sp³-hybridized carbons (Fsp3) is 0.833. The van der Waals surface area contributed by atoms with E-state index in [1.54, 1.807) is 0 Å². The number of ketones is 2. The third-order valence-electron chi connectivity index (χ3n) is 6.15. The number of hydrogen-bond acceptors (Lipinski definition) is 2. The molecule has 0 unspecified atom stereocenters. The molecule has 72 valence electrons. The van der Waals surface area contributed by atoms with Crippen molar-refractivity contribution in [2.45, 2.75) is 12.8 Å². The minimum Gasteiger partial charge on any atom is -0.299 e. The van der Waals surface area contributed by atoms with Crippen molar-refractivity contribution in [3.05, 3.63) is 0 Å². The summed E-state index contributed by atoms with van der Waals surface area (Å²) in [5.74, 6) is 5.88. The third-order valence-corrected chi connectivity index (χ3v) is 6.15. The van der Waals surface area contributed by atoms with Gasteiger partial charge in [-0.25, -0.2) is 0 Å². The summed E-state index contributed by atoms with van der Waals surface area (Å²) in [7, 11) is 0. The SMILES string of the molecule is O=C1C[C@@H]2[C@@H]3CC(=O)[C@H]4[C@@H]5[C@H]([C@@H]1[C@H]35)[C@H]24. The Morgan fingerprint density at radius 2 is 1.14 bits per heavy atom. The average molecular weight is 188 g/mol. The topological polar surface area (TPSA) is 34.1 Å². The number of fused-ring (bicyclic) bond motifs is 2. The summed E-state index contributed by atoms with van der Waals surface area (Å²) < 4.78 is 0.